The summed E-state index contributed by atoms with van der Waals surface area (Å²) in [4.78, 5) is 2.30. The van der Waals surface area contributed by atoms with Crippen molar-refractivity contribution in [2.24, 2.45) is 29.6 Å². The molecule has 6 unspecified atom stereocenters. The first-order chi connectivity index (χ1) is 19.0. The average molecular weight is 563 g/mol. The molecule has 0 saturated heterocycles. The number of nitrogens with zero attached hydrogens (tertiary/aromatic N) is 1. The summed E-state index contributed by atoms with van der Waals surface area (Å²) in [5.74, 6) is 1.69. The molecule has 40 heavy (non-hydrogen) atoms. The van der Waals surface area contributed by atoms with Gasteiger partial charge in [0.2, 0.25) is 0 Å². The van der Waals surface area contributed by atoms with Crippen molar-refractivity contribution in [1.82, 2.24) is 4.90 Å². The second-order valence-electron chi connectivity index (χ2n) is 13.2. The molecule has 0 aromatic heterocycles. The topological polar surface area (TPSA) is 76.8 Å². The summed E-state index contributed by atoms with van der Waals surface area (Å²) in [6.07, 6.45) is 15.9. The number of amidine groups is 1. The minimum Gasteiger partial charge on any atom is -0.396 e. The van der Waals surface area contributed by atoms with Crippen molar-refractivity contribution in [2.75, 3.05) is 20.3 Å². The monoisotopic (exact) mass is 563 g/mol. The maximum atomic E-state index is 11.2. The van der Waals surface area contributed by atoms with Crippen LogP contribution in [0.25, 0.3) is 0 Å². The highest BCUT2D eigenvalue weighted by Crippen LogP contribution is 2.36. The fraction of sp³-hybridized carbons (Fsp3) is 0.857. The molecule has 5 nitrogen and oxygen atoms in total. The van der Waals surface area contributed by atoms with Crippen LogP contribution in [0.1, 0.15) is 132 Å². The van der Waals surface area contributed by atoms with Crippen LogP contribution < -0.4 is 0 Å². The molecule has 0 bridgehead atoms. The van der Waals surface area contributed by atoms with Gasteiger partial charge in [0.1, 0.15) is 5.84 Å². The number of nitrogens with one attached hydrogen (secondary N) is 1. The number of rotatable bonds is 20. The first-order valence-corrected chi connectivity index (χ1v) is 16.6. The maximum absolute atomic E-state index is 11.2. The van der Waals surface area contributed by atoms with E-state index >= 15 is 0 Å². The first-order valence-electron chi connectivity index (χ1n) is 16.6. The summed E-state index contributed by atoms with van der Waals surface area (Å²) >= 11 is 0. The number of aliphatic hydroxyl groups excluding tert-OH is 2. The van der Waals surface area contributed by atoms with Gasteiger partial charge in [-0.3, -0.25) is 5.41 Å². The molecule has 234 valence electrons. The van der Waals surface area contributed by atoms with Crippen LogP contribution in [0.15, 0.2) is 23.4 Å². The van der Waals surface area contributed by atoms with Crippen LogP contribution in [0.5, 0.6) is 0 Å². The van der Waals surface area contributed by atoms with Gasteiger partial charge in [0, 0.05) is 37.8 Å². The van der Waals surface area contributed by atoms with Crippen molar-refractivity contribution in [1.29, 1.82) is 5.41 Å². The molecular formula is C35H66N2O3. The molecular weight excluding hydrogens is 496 g/mol. The summed E-state index contributed by atoms with van der Waals surface area (Å²) < 4.78 is 5.82. The normalized spacial score (nSPS) is 22.0. The molecule has 0 spiro atoms. The lowest BCUT2D eigenvalue weighted by molar-refractivity contribution is -0.00626. The lowest BCUT2D eigenvalue weighted by Crippen LogP contribution is -2.44. The molecule has 0 aromatic carbocycles. The molecule has 0 saturated carbocycles. The average Bonchev–Trinajstić information content (AvgIpc) is 2.95. The zero-order valence-electron chi connectivity index (χ0n) is 27.8. The van der Waals surface area contributed by atoms with Crippen molar-refractivity contribution >= 4 is 5.84 Å². The third-order valence-electron chi connectivity index (χ3n) is 9.64. The van der Waals surface area contributed by atoms with Crippen LogP contribution in [-0.2, 0) is 4.74 Å². The van der Waals surface area contributed by atoms with Gasteiger partial charge in [-0.15, -0.1) is 0 Å². The van der Waals surface area contributed by atoms with Crippen molar-refractivity contribution in [2.45, 2.75) is 144 Å². The van der Waals surface area contributed by atoms with Crippen LogP contribution in [0.2, 0.25) is 0 Å². The van der Waals surface area contributed by atoms with Gasteiger partial charge in [-0.1, -0.05) is 73.0 Å². The minimum absolute atomic E-state index is 0.109. The molecule has 0 fully saturated rings. The number of unbranched alkanes of at least 4 members (excludes halogenated alkanes) is 1. The number of ether oxygens (including phenoxy) is 1. The number of hydrogen-bond acceptors (Lipinski definition) is 4. The lowest BCUT2D eigenvalue weighted by Gasteiger charge is -2.39. The van der Waals surface area contributed by atoms with E-state index in [1.54, 1.807) is 0 Å². The summed E-state index contributed by atoms with van der Waals surface area (Å²) in [5, 5.41) is 31.2. The van der Waals surface area contributed by atoms with Crippen LogP contribution in [0.3, 0.4) is 0 Å². The van der Waals surface area contributed by atoms with E-state index in [-0.39, 0.29) is 35.9 Å². The molecule has 0 aromatic rings. The number of aliphatic hydroxyl groups is 2. The van der Waals surface area contributed by atoms with E-state index in [0.29, 0.717) is 18.2 Å². The van der Waals surface area contributed by atoms with Crippen molar-refractivity contribution < 1.29 is 14.9 Å². The van der Waals surface area contributed by atoms with Crippen molar-refractivity contribution in [3.63, 3.8) is 0 Å². The second-order valence-corrected chi connectivity index (χ2v) is 13.2. The van der Waals surface area contributed by atoms with E-state index in [1.807, 2.05) is 14.0 Å². The van der Waals surface area contributed by atoms with Gasteiger partial charge in [0.25, 0.3) is 0 Å². The van der Waals surface area contributed by atoms with Crippen molar-refractivity contribution in [3.8, 4) is 0 Å². The summed E-state index contributed by atoms with van der Waals surface area (Å²) in [5.41, 5.74) is 2.44. The summed E-state index contributed by atoms with van der Waals surface area (Å²) in [6, 6.07) is 0. The largest absolute Gasteiger partial charge is 0.396 e. The van der Waals surface area contributed by atoms with E-state index in [9.17, 15) is 15.6 Å². The van der Waals surface area contributed by atoms with E-state index < -0.39 is 6.10 Å². The van der Waals surface area contributed by atoms with Crippen LogP contribution in [0, 0.1) is 35.0 Å². The second kappa shape index (κ2) is 19.1. The van der Waals surface area contributed by atoms with Gasteiger partial charge < -0.3 is 19.8 Å². The zero-order valence-corrected chi connectivity index (χ0v) is 27.8. The molecule has 3 N–H and O–H groups in total. The molecule has 0 heterocycles. The van der Waals surface area contributed by atoms with Crippen LogP contribution in [-0.4, -0.2) is 52.9 Å². The third-order valence-corrected chi connectivity index (χ3v) is 9.64. The minimum atomic E-state index is -0.523. The predicted molar refractivity (Wildman–Crippen MR) is 172 cm³/mol. The quantitative estimate of drug-likeness (QED) is 0.0600. The molecule has 1 aliphatic rings. The predicted octanol–water partition coefficient (Wildman–Crippen LogP) is 8.75. The number of methoxy groups -OCH3 is 1. The van der Waals surface area contributed by atoms with Gasteiger partial charge >= 0.3 is 0 Å². The van der Waals surface area contributed by atoms with E-state index in [2.05, 4.69) is 65.5 Å². The van der Waals surface area contributed by atoms with Crippen LogP contribution in [0.4, 0.5) is 0 Å². The third kappa shape index (κ3) is 11.2. The standard InChI is InChI=1S/C35H66N2O3/c1-10-18-27(6)33(32(39)11-2)34(36)37(24-16-15-23-35(8,12-3)40-9)31(22-17-19-26(4)5)28(7)30-21-14-13-20-29(30)25-38/h14,21,26-27,29-30,32-33,36,38-39H,10-13,15-20,22-25H2,1-9H3/b31-28+,36-34?. The lowest BCUT2D eigenvalue weighted by atomic mass is 9.78. The fourth-order valence-corrected chi connectivity index (χ4v) is 6.50. The SMILES string of the molecule is CCCC(C)C(C(=N)N(CCCCC(C)(CC)OC)/C(CCCC(C)C)=C(\C)C1C=CCCC1CO)C(O)CC. The highest BCUT2D eigenvalue weighted by molar-refractivity contribution is 5.84. The van der Waals surface area contributed by atoms with Crippen LogP contribution >= 0.6 is 0 Å². The molecule has 5 heteroatoms. The molecule has 0 amide bonds. The van der Waals surface area contributed by atoms with Gasteiger partial charge in [-0.2, -0.15) is 0 Å². The van der Waals surface area contributed by atoms with Crippen molar-refractivity contribution in [3.05, 3.63) is 23.4 Å². The fourth-order valence-electron chi connectivity index (χ4n) is 6.50. The molecule has 1 aliphatic carbocycles. The summed E-state index contributed by atoms with van der Waals surface area (Å²) in [7, 11) is 1.81. The Morgan fingerprint density at radius 1 is 1.12 bits per heavy atom. The van der Waals surface area contributed by atoms with Gasteiger partial charge in [-0.05, 0) is 95.0 Å². The van der Waals surface area contributed by atoms with Gasteiger partial charge in [0.15, 0.2) is 0 Å². The van der Waals surface area contributed by atoms with E-state index in [4.69, 9.17) is 4.74 Å². The molecule has 0 aliphatic heterocycles. The maximum Gasteiger partial charge on any atom is 0.106 e. The molecule has 6 atom stereocenters. The van der Waals surface area contributed by atoms with E-state index in [1.165, 1.54) is 11.3 Å². The molecule has 0 radical (unpaired) electrons. The summed E-state index contributed by atoms with van der Waals surface area (Å²) in [6.45, 7) is 18.6. The number of hydrogen-bond donors (Lipinski definition) is 3. The Morgan fingerprint density at radius 3 is 2.38 bits per heavy atom. The molecule has 1 rings (SSSR count). The Balaban J connectivity index is 3.55. The zero-order chi connectivity index (χ0) is 30.3. The smallest absolute Gasteiger partial charge is 0.106 e. The Hall–Kier alpha value is -1.17. The first kappa shape index (κ1) is 36.9. The Labute approximate surface area is 248 Å². The Morgan fingerprint density at radius 2 is 1.82 bits per heavy atom. The highest BCUT2D eigenvalue weighted by Gasteiger charge is 2.34. The highest BCUT2D eigenvalue weighted by atomic mass is 16.5. The van der Waals surface area contributed by atoms with E-state index in [0.717, 1.165) is 77.2 Å². The van der Waals surface area contributed by atoms with Gasteiger partial charge in [-0.25, -0.2) is 0 Å². The Bertz CT molecular complexity index is 771. The Kier molecular flexibility index (Phi) is 17.6. The number of allylic oxidation sites excluding steroid dienone is 4. The van der Waals surface area contributed by atoms with Gasteiger partial charge in [0.05, 0.1) is 11.7 Å².